The molecule has 1 aromatic heterocycles. The van der Waals surface area contributed by atoms with Gasteiger partial charge < -0.3 is 24.7 Å². The van der Waals surface area contributed by atoms with Crippen LogP contribution in [0.5, 0.6) is 11.5 Å². The number of nitrogens with one attached hydrogen (secondary N) is 2. The van der Waals surface area contributed by atoms with Crippen molar-refractivity contribution in [1.29, 1.82) is 5.26 Å². The molecule has 0 fully saturated rings. The normalized spacial score (nSPS) is 10.9. The molecule has 150 valence electrons. The lowest BCUT2D eigenvalue weighted by Gasteiger charge is -2.14. The van der Waals surface area contributed by atoms with Crippen LogP contribution < -0.4 is 25.2 Å². The third kappa shape index (κ3) is 5.12. The molecule has 1 amide bonds. The highest BCUT2D eigenvalue weighted by atomic mass is 32.2. The maximum atomic E-state index is 11.3. The summed E-state index contributed by atoms with van der Waals surface area (Å²) in [5, 5.41) is 13.1. The second-order valence-electron chi connectivity index (χ2n) is 5.41. The molecular weight excluding hydrogens is 390 g/mol. The van der Waals surface area contributed by atoms with E-state index in [-0.39, 0.29) is 6.54 Å². The highest BCUT2D eigenvalue weighted by Gasteiger charge is 2.15. The average molecular weight is 409 g/mol. The van der Waals surface area contributed by atoms with Gasteiger partial charge in [0, 0.05) is 30.7 Å². The Morgan fingerprint density at radius 3 is 2.54 bits per heavy atom. The molecule has 2 rings (SSSR count). The molecule has 0 bridgehead atoms. The van der Waals surface area contributed by atoms with E-state index in [1.165, 1.54) is 20.4 Å². The number of amides is 1. The van der Waals surface area contributed by atoms with Crippen molar-refractivity contribution in [2.75, 3.05) is 32.6 Å². The van der Waals surface area contributed by atoms with Crippen LogP contribution in [0.4, 0.5) is 10.5 Å². The number of methoxy groups -OCH3 is 2. The lowest BCUT2D eigenvalue weighted by Crippen LogP contribution is -2.31. The molecule has 0 spiro atoms. The number of nitriles is 1. The second kappa shape index (κ2) is 9.07. The number of fused-ring (bicyclic) bond motifs is 1. The van der Waals surface area contributed by atoms with E-state index in [9.17, 15) is 18.5 Å². The van der Waals surface area contributed by atoms with Crippen molar-refractivity contribution in [3.8, 4) is 17.6 Å². The van der Waals surface area contributed by atoms with Crippen LogP contribution in [0.2, 0.25) is 0 Å². The molecule has 0 aliphatic carbocycles. The number of aromatic nitrogens is 1. The number of ether oxygens (including phenoxy) is 2. The van der Waals surface area contributed by atoms with Gasteiger partial charge in [-0.3, -0.25) is 4.98 Å². The van der Waals surface area contributed by atoms with Crippen molar-refractivity contribution < 1.29 is 26.9 Å². The van der Waals surface area contributed by atoms with Gasteiger partial charge in [0.2, 0.25) is 0 Å². The van der Waals surface area contributed by atoms with Crippen LogP contribution in [0.15, 0.2) is 18.3 Å². The van der Waals surface area contributed by atoms with Crippen molar-refractivity contribution in [1.82, 2.24) is 9.71 Å². The van der Waals surface area contributed by atoms with Crippen LogP contribution in [-0.2, 0) is 14.5 Å². The minimum atomic E-state index is -4.24. The summed E-state index contributed by atoms with van der Waals surface area (Å²) in [5.41, 5.74) is 6.11. The molecule has 0 aliphatic heterocycles. The first-order chi connectivity index (χ1) is 13.3. The van der Waals surface area contributed by atoms with Crippen molar-refractivity contribution in [3.63, 3.8) is 0 Å². The molecule has 0 saturated carbocycles. The molecule has 0 aliphatic rings. The summed E-state index contributed by atoms with van der Waals surface area (Å²) in [6.45, 7) is 0.311. The lowest BCUT2D eigenvalue weighted by atomic mass is 10.1. The van der Waals surface area contributed by atoms with E-state index in [2.05, 4.69) is 31.0 Å². The Morgan fingerprint density at radius 1 is 1.25 bits per heavy atom. The Hall–Kier alpha value is -3.30. The van der Waals surface area contributed by atoms with Crippen molar-refractivity contribution in [2.24, 2.45) is 5.73 Å². The van der Waals surface area contributed by atoms with E-state index >= 15 is 0 Å². The van der Waals surface area contributed by atoms with E-state index in [1.807, 2.05) is 0 Å². The maximum absolute atomic E-state index is 11.3. The zero-order valence-corrected chi connectivity index (χ0v) is 16.0. The van der Waals surface area contributed by atoms with Crippen molar-refractivity contribution in [3.05, 3.63) is 23.9 Å². The second-order valence-corrected chi connectivity index (χ2v) is 6.78. The molecule has 0 unspecified atom stereocenters. The van der Waals surface area contributed by atoms with Crippen LogP contribution in [0, 0.1) is 11.3 Å². The van der Waals surface area contributed by atoms with Crippen molar-refractivity contribution in [2.45, 2.75) is 6.42 Å². The van der Waals surface area contributed by atoms with Crippen molar-refractivity contribution >= 4 is 33.0 Å². The number of carbonyl (C=O) groups is 1. The standard InChI is InChI=1S/C16H19N5O6S/c1-25-13-6-11-12(7-14(13)26-2)20-9-10(8-17)15(11)19-4-3-5-21-28(23,24)27-16(18)22/h6-7,9,21H,3-5H2,1-2H3,(H2,18,22)(H,19,20). The van der Waals surface area contributed by atoms with E-state index in [0.717, 1.165) is 0 Å². The van der Waals surface area contributed by atoms with Gasteiger partial charge in [-0.25, -0.2) is 4.79 Å². The van der Waals surface area contributed by atoms with Crippen LogP contribution >= 0.6 is 0 Å². The summed E-state index contributed by atoms with van der Waals surface area (Å²) in [6.07, 6.45) is 0.348. The quantitative estimate of drug-likeness (QED) is 0.509. The van der Waals surface area contributed by atoms with Crippen LogP contribution in [0.25, 0.3) is 10.9 Å². The highest BCUT2D eigenvalue weighted by molar-refractivity contribution is 7.85. The molecule has 12 heteroatoms. The number of primary amides is 1. The van der Waals surface area contributed by atoms with Crippen LogP contribution in [0.1, 0.15) is 12.0 Å². The fraction of sp³-hybridized carbons (Fsp3) is 0.312. The third-order valence-corrected chi connectivity index (χ3v) is 4.56. The van der Waals surface area contributed by atoms with Gasteiger partial charge in [0.1, 0.15) is 6.07 Å². The molecule has 0 radical (unpaired) electrons. The van der Waals surface area contributed by atoms with Gasteiger partial charge in [-0.05, 0) is 12.5 Å². The molecule has 4 N–H and O–H groups in total. The molecule has 1 aromatic carbocycles. The van der Waals surface area contributed by atoms with Gasteiger partial charge >= 0.3 is 16.4 Å². The zero-order chi connectivity index (χ0) is 20.7. The molecule has 0 atom stereocenters. The van der Waals surface area contributed by atoms with E-state index in [4.69, 9.17) is 9.47 Å². The number of hydrogen-bond acceptors (Lipinski definition) is 9. The number of rotatable bonds is 9. The molecule has 0 saturated heterocycles. The highest BCUT2D eigenvalue weighted by Crippen LogP contribution is 2.35. The summed E-state index contributed by atoms with van der Waals surface area (Å²) < 4.78 is 39.3. The van der Waals surface area contributed by atoms with E-state index in [0.29, 0.717) is 46.6 Å². The van der Waals surface area contributed by atoms with Gasteiger partial charge in [0.25, 0.3) is 0 Å². The lowest BCUT2D eigenvalue weighted by molar-refractivity contribution is 0.212. The summed E-state index contributed by atoms with van der Waals surface area (Å²) in [6, 6.07) is 5.45. The van der Waals surface area contributed by atoms with E-state index in [1.54, 1.807) is 12.1 Å². The summed E-state index contributed by atoms with van der Waals surface area (Å²) in [7, 11) is -1.23. The van der Waals surface area contributed by atoms with Crippen LogP contribution in [0.3, 0.4) is 0 Å². The number of carbonyl (C=O) groups excluding carboxylic acids is 1. The number of pyridine rings is 1. The Labute approximate surface area is 161 Å². The predicted molar refractivity (Wildman–Crippen MR) is 100 cm³/mol. The Bertz CT molecular complexity index is 1020. The molecule has 2 aromatic rings. The zero-order valence-electron chi connectivity index (χ0n) is 15.2. The molecular formula is C16H19N5O6S. The van der Waals surface area contributed by atoms with Gasteiger partial charge in [-0.1, -0.05) is 0 Å². The van der Waals surface area contributed by atoms with Gasteiger partial charge in [-0.15, -0.1) is 0 Å². The smallest absolute Gasteiger partial charge is 0.421 e. The summed E-state index contributed by atoms with van der Waals surface area (Å²) in [5.74, 6) is 0.980. The van der Waals surface area contributed by atoms with Gasteiger partial charge in [0.15, 0.2) is 11.5 Å². The summed E-state index contributed by atoms with van der Waals surface area (Å²) >= 11 is 0. The molecule has 11 nitrogen and oxygen atoms in total. The van der Waals surface area contributed by atoms with E-state index < -0.39 is 16.4 Å². The number of nitrogens with zero attached hydrogens (tertiary/aromatic N) is 2. The Morgan fingerprint density at radius 2 is 1.93 bits per heavy atom. The number of hydrogen-bond donors (Lipinski definition) is 3. The largest absolute Gasteiger partial charge is 0.493 e. The van der Waals surface area contributed by atoms with Gasteiger partial charge in [0.05, 0.1) is 31.0 Å². The maximum Gasteiger partial charge on any atom is 0.421 e. The van der Waals surface area contributed by atoms with Crippen LogP contribution in [-0.4, -0.2) is 46.8 Å². The third-order valence-electron chi connectivity index (χ3n) is 3.62. The number of nitrogens with two attached hydrogens (primary N) is 1. The number of anilines is 1. The SMILES string of the molecule is COc1cc2ncc(C#N)c(NCCCNS(=O)(=O)OC(N)=O)c2cc1OC. The molecule has 1 heterocycles. The topological polar surface area (TPSA) is 166 Å². The minimum Gasteiger partial charge on any atom is -0.493 e. The Kier molecular flexibility index (Phi) is 6.80. The number of benzene rings is 1. The first kappa shape index (κ1) is 21.0. The fourth-order valence-electron chi connectivity index (χ4n) is 2.43. The van der Waals surface area contributed by atoms with Gasteiger partial charge in [-0.2, -0.15) is 18.4 Å². The molecule has 28 heavy (non-hydrogen) atoms. The predicted octanol–water partition coefficient (Wildman–Crippen LogP) is 0.855. The fourth-order valence-corrected chi connectivity index (χ4v) is 3.10. The summed E-state index contributed by atoms with van der Waals surface area (Å²) in [4.78, 5) is 14.7. The average Bonchev–Trinajstić information content (AvgIpc) is 2.65. The first-order valence-electron chi connectivity index (χ1n) is 7.98. The Balaban J connectivity index is 2.15. The monoisotopic (exact) mass is 409 g/mol. The minimum absolute atomic E-state index is 0.00927. The first-order valence-corrected chi connectivity index (χ1v) is 9.39.